The predicted molar refractivity (Wildman–Crippen MR) is 103 cm³/mol. The van der Waals surface area contributed by atoms with E-state index in [2.05, 4.69) is 24.4 Å². The Morgan fingerprint density at radius 2 is 1.88 bits per heavy atom. The lowest BCUT2D eigenvalue weighted by Crippen LogP contribution is -2.55. The summed E-state index contributed by atoms with van der Waals surface area (Å²) < 4.78 is 0. The molecule has 0 saturated carbocycles. The number of rotatable bonds is 3. The van der Waals surface area contributed by atoms with Gasteiger partial charge in [-0.2, -0.15) is 0 Å². The summed E-state index contributed by atoms with van der Waals surface area (Å²) in [6, 6.07) is 10.4. The van der Waals surface area contributed by atoms with Crippen LogP contribution in [0.25, 0.3) is 0 Å². The summed E-state index contributed by atoms with van der Waals surface area (Å²) in [7, 11) is 0. The molecule has 3 amide bonds. The molecule has 0 bridgehead atoms. The SMILES string of the molecule is CCN1CC2(CCN(C(=O)NC(C)C)CC2)CC(c2ccccc2)C1=O. The van der Waals surface area contributed by atoms with Crippen LogP contribution in [0.5, 0.6) is 0 Å². The highest BCUT2D eigenvalue weighted by Gasteiger charge is 2.46. The van der Waals surface area contributed by atoms with Gasteiger partial charge in [0.2, 0.25) is 5.91 Å². The number of carbonyl (C=O) groups excluding carboxylic acids is 2. The van der Waals surface area contributed by atoms with Crippen molar-refractivity contribution in [1.29, 1.82) is 0 Å². The molecule has 2 heterocycles. The van der Waals surface area contributed by atoms with Gasteiger partial charge in [-0.15, -0.1) is 0 Å². The van der Waals surface area contributed by atoms with E-state index in [4.69, 9.17) is 0 Å². The zero-order valence-electron chi connectivity index (χ0n) is 16.2. The third-order valence-corrected chi connectivity index (χ3v) is 5.88. The first-order chi connectivity index (χ1) is 12.4. The molecule has 0 radical (unpaired) electrons. The number of amides is 3. The number of hydrogen-bond acceptors (Lipinski definition) is 2. The van der Waals surface area contributed by atoms with Crippen molar-refractivity contribution < 1.29 is 9.59 Å². The van der Waals surface area contributed by atoms with E-state index in [1.54, 1.807) is 0 Å². The number of piperidine rings is 2. The first kappa shape index (κ1) is 18.7. The van der Waals surface area contributed by atoms with Crippen molar-refractivity contribution in [3.8, 4) is 0 Å². The summed E-state index contributed by atoms with van der Waals surface area (Å²) >= 11 is 0. The number of nitrogens with one attached hydrogen (secondary N) is 1. The maximum Gasteiger partial charge on any atom is 0.317 e. The molecule has 1 atom stereocenters. The molecule has 26 heavy (non-hydrogen) atoms. The van der Waals surface area contributed by atoms with Gasteiger partial charge >= 0.3 is 6.03 Å². The maximum atomic E-state index is 12.9. The zero-order valence-corrected chi connectivity index (χ0v) is 16.2. The number of likely N-dealkylation sites (N-methyl/N-ethyl adjacent to an activating group) is 1. The summed E-state index contributed by atoms with van der Waals surface area (Å²) in [6.07, 6.45) is 2.82. The largest absolute Gasteiger partial charge is 0.342 e. The van der Waals surface area contributed by atoms with Crippen LogP contribution >= 0.6 is 0 Å². The summed E-state index contributed by atoms with van der Waals surface area (Å²) in [4.78, 5) is 29.2. The van der Waals surface area contributed by atoms with E-state index >= 15 is 0 Å². The summed E-state index contributed by atoms with van der Waals surface area (Å²) in [5.41, 5.74) is 1.24. The molecule has 2 aliphatic rings. The average molecular weight is 357 g/mol. The highest BCUT2D eigenvalue weighted by atomic mass is 16.2. The number of benzene rings is 1. The van der Waals surface area contributed by atoms with Gasteiger partial charge in [-0.1, -0.05) is 30.3 Å². The Kier molecular flexibility index (Phi) is 5.54. The van der Waals surface area contributed by atoms with Crippen LogP contribution in [0, 0.1) is 5.41 Å². The first-order valence-electron chi connectivity index (χ1n) is 9.83. The molecule has 1 N–H and O–H groups in total. The zero-order chi connectivity index (χ0) is 18.7. The van der Waals surface area contributed by atoms with Crippen molar-refractivity contribution in [2.45, 2.75) is 52.0 Å². The molecule has 0 aliphatic carbocycles. The van der Waals surface area contributed by atoms with E-state index in [0.29, 0.717) is 0 Å². The Labute approximate surface area is 156 Å². The van der Waals surface area contributed by atoms with E-state index in [-0.39, 0.29) is 29.3 Å². The van der Waals surface area contributed by atoms with Crippen molar-refractivity contribution in [1.82, 2.24) is 15.1 Å². The van der Waals surface area contributed by atoms with E-state index in [1.165, 1.54) is 0 Å². The van der Waals surface area contributed by atoms with Gasteiger partial charge in [0.1, 0.15) is 0 Å². The maximum absolute atomic E-state index is 12.9. The van der Waals surface area contributed by atoms with Crippen LogP contribution < -0.4 is 5.32 Å². The second kappa shape index (κ2) is 7.68. The van der Waals surface area contributed by atoms with Gasteiger partial charge in [-0.05, 0) is 51.0 Å². The molecule has 142 valence electrons. The lowest BCUT2D eigenvalue weighted by atomic mass is 9.67. The van der Waals surface area contributed by atoms with Gasteiger partial charge < -0.3 is 15.1 Å². The number of carbonyl (C=O) groups is 2. The highest BCUT2D eigenvalue weighted by molar-refractivity contribution is 5.84. The van der Waals surface area contributed by atoms with Crippen molar-refractivity contribution >= 4 is 11.9 Å². The minimum atomic E-state index is -0.0547. The first-order valence-corrected chi connectivity index (χ1v) is 9.83. The van der Waals surface area contributed by atoms with Crippen LogP contribution in [0.15, 0.2) is 30.3 Å². The summed E-state index contributed by atoms with van der Waals surface area (Å²) in [6.45, 7) is 9.15. The molecule has 1 aromatic carbocycles. The highest BCUT2D eigenvalue weighted by Crippen LogP contribution is 2.45. The fourth-order valence-corrected chi connectivity index (χ4v) is 4.39. The quantitative estimate of drug-likeness (QED) is 0.903. The van der Waals surface area contributed by atoms with E-state index in [9.17, 15) is 9.59 Å². The molecule has 2 saturated heterocycles. The lowest BCUT2D eigenvalue weighted by Gasteiger charge is -2.49. The van der Waals surface area contributed by atoms with Gasteiger partial charge in [-0.25, -0.2) is 4.79 Å². The third-order valence-electron chi connectivity index (χ3n) is 5.88. The molecule has 5 nitrogen and oxygen atoms in total. The average Bonchev–Trinajstić information content (AvgIpc) is 2.64. The Balaban J connectivity index is 1.74. The van der Waals surface area contributed by atoms with Crippen LogP contribution in [0.1, 0.15) is 51.5 Å². The van der Waals surface area contributed by atoms with E-state index in [1.807, 2.05) is 41.8 Å². The van der Waals surface area contributed by atoms with Crippen molar-refractivity contribution in [3.63, 3.8) is 0 Å². The molecule has 1 unspecified atom stereocenters. The lowest BCUT2D eigenvalue weighted by molar-refractivity contribution is -0.141. The van der Waals surface area contributed by atoms with Crippen molar-refractivity contribution in [2.24, 2.45) is 5.41 Å². The van der Waals surface area contributed by atoms with Gasteiger partial charge in [0.25, 0.3) is 0 Å². The fraction of sp³-hybridized carbons (Fsp3) is 0.619. The molecule has 1 aromatic rings. The molecule has 1 spiro atoms. The van der Waals surface area contributed by atoms with Crippen LogP contribution in [-0.4, -0.2) is 54.0 Å². The van der Waals surface area contributed by atoms with Gasteiger partial charge in [0.05, 0.1) is 5.92 Å². The van der Waals surface area contributed by atoms with Gasteiger partial charge in [0, 0.05) is 32.2 Å². The summed E-state index contributed by atoms with van der Waals surface area (Å²) in [5.74, 6) is 0.199. The van der Waals surface area contributed by atoms with Crippen LogP contribution in [0.2, 0.25) is 0 Å². The topological polar surface area (TPSA) is 52.6 Å². The normalized spacial score (nSPS) is 22.8. The number of urea groups is 1. The summed E-state index contributed by atoms with van der Waals surface area (Å²) in [5, 5.41) is 2.99. The van der Waals surface area contributed by atoms with E-state index < -0.39 is 0 Å². The number of hydrogen-bond donors (Lipinski definition) is 1. The molecular formula is C21H31N3O2. The van der Waals surface area contributed by atoms with Crippen LogP contribution in [0.4, 0.5) is 4.79 Å². The van der Waals surface area contributed by atoms with Gasteiger partial charge in [0.15, 0.2) is 0 Å². The van der Waals surface area contributed by atoms with Gasteiger partial charge in [-0.3, -0.25) is 4.79 Å². The Bertz CT molecular complexity index is 636. The molecule has 5 heteroatoms. The predicted octanol–water partition coefficient (Wildman–Crippen LogP) is 3.22. The Hall–Kier alpha value is -2.04. The standard InChI is InChI=1S/C21H31N3O2/c1-4-23-15-21(10-12-24(13-11-21)20(26)22-16(2)3)14-18(19(23)25)17-8-6-5-7-9-17/h5-9,16,18H,4,10-15H2,1-3H3,(H,22,26). The third kappa shape index (κ3) is 3.87. The Morgan fingerprint density at radius 3 is 2.46 bits per heavy atom. The second-order valence-corrected chi connectivity index (χ2v) is 8.11. The second-order valence-electron chi connectivity index (χ2n) is 8.11. The number of likely N-dealkylation sites (tertiary alicyclic amines) is 2. The van der Waals surface area contributed by atoms with Crippen molar-refractivity contribution in [2.75, 3.05) is 26.2 Å². The monoisotopic (exact) mass is 357 g/mol. The molecule has 2 aliphatic heterocycles. The van der Waals surface area contributed by atoms with Crippen molar-refractivity contribution in [3.05, 3.63) is 35.9 Å². The van der Waals surface area contributed by atoms with Crippen LogP contribution in [-0.2, 0) is 4.79 Å². The Morgan fingerprint density at radius 1 is 1.23 bits per heavy atom. The van der Waals surface area contributed by atoms with Crippen LogP contribution in [0.3, 0.4) is 0 Å². The molecular weight excluding hydrogens is 326 g/mol. The minimum Gasteiger partial charge on any atom is -0.342 e. The number of nitrogens with zero attached hydrogens (tertiary/aromatic N) is 2. The molecule has 0 aromatic heterocycles. The molecule has 3 rings (SSSR count). The fourth-order valence-electron chi connectivity index (χ4n) is 4.39. The smallest absolute Gasteiger partial charge is 0.317 e. The molecule has 2 fully saturated rings. The van der Waals surface area contributed by atoms with E-state index in [0.717, 1.165) is 51.0 Å². The minimum absolute atomic E-state index is 0.0358.